The molecule has 0 bridgehead atoms. The van der Waals surface area contributed by atoms with Gasteiger partial charge in [-0.2, -0.15) is 0 Å². The lowest BCUT2D eigenvalue weighted by molar-refractivity contribution is -0.128. The number of carbonyl (C=O) groups excluding carboxylic acids is 1. The van der Waals surface area contributed by atoms with E-state index in [4.69, 9.17) is 9.47 Å². The highest BCUT2D eigenvalue weighted by Gasteiger charge is 2.33. The number of fused-ring (bicyclic) bond motifs is 1. The van der Waals surface area contributed by atoms with Crippen LogP contribution in [0.25, 0.3) is 10.9 Å². The Morgan fingerprint density at radius 3 is 2.76 bits per heavy atom. The molecule has 1 aliphatic heterocycles. The molecule has 1 atom stereocenters. The molecule has 4 rings (SSSR count). The molecule has 1 saturated heterocycles. The van der Waals surface area contributed by atoms with Crippen LogP contribution in [-0.2, 0) is 11.2 Å². The van der Waals surface area contributed by atoms with Crippen LogP contribution < -0.4 is 9.47 Å². The third-order valence-corrected chi connectivity index (χ3v) is 6.26. The molecule has 29 heavy (non-hydrogen) atoms. The molecule has 1 amide bonds. The predicted molar refractivity (Wildman–Crippen MR) is 114 cm³/mol. The van der Waals surface area contributed by atoms with E-state index < -0.39 is 0 Å². The van der Waals surface area contributed by atoms with E-state index in [-0.39, 0.29) is 17.0 Å². The molecule has 1 unspecified atom stereocenters. The number of para-hydroxylation sites is 1. The highest BCUT2D eigenvalue weighted by molar-refractivity contribution is 8.00. The maximum absolute atomic E-state index is 12.5. The van der Waals surface area contributed by atoms with Crippen molar-refractivity contribution in [2.45, 2.75) is 11.8 Å². The van der Waals surface area contributed by atoms with E-state index in [1.807, 2.05) is 41.3 Å². The van der Waals surface area contributed by atoms with Gasteiger partial charge in [-0.3, -0.25) is 4.79 Å². The van der Waals surface area contributed by atoms with Crippen molar-refractivity contribution in [2.75, 3.05) is 26.5 Å². The molecule has 2 heterocycles. The van der Waals surface area contributed by atoms with E-state index in [1.54, 1.807) is 38.1 Å². The molecular formula is C22H22N2O4S. The molecule has 2 aromatic carbocycles. The minimum Gasteiger partial charge on any atom is -0.506 e. The quantitative estimate of drug-likeness (QED) is 0.667. The fourth-order valence-corrected chi connectivity index (χ4v) is 4.68. The molecule has 150 valence electrons. The van der Waals surface area contributed by atoms with Gasteiger partial charge in [0.2, 0.25) is 5.91 Å². The average Bonchev–Trinajstić information content (AvgIpc) is 3.12. The van der Waals surface area contributed by atoms with Crippen LogP contribution in [0, 0.1) is 0 Å². The first-order chi connectivity index (χ1) is 14.1. The van der Waals surface area contributed by atoms with Gasteiger partial charge in [0.15, 0.2) is 11.5 Å². The third-order valence-electron chi connectivity index (χ3n) is 5.03. The molecule has 6 nitrogen and oxygen atoms in total. The Morgan fingerprint density at radius 1 is 1.14 bits per heavy atom. The summed E-state index contributed by atoms with van der Waals surface area (Å²) in [5, 5.41) is 10.8. The molecule has 0 saturated carbocycles. The standard InChI is InChI=1S/C22H22N2O4S/c1-27-18-9-6-14(12-19(18)28-2)10-11-24-20(26)13-29-22(24)16-8-7-15-4-3-5-17(25)21(15)23-16/h3-9,12,22,25H,10-11,13H2,1-2H3. The number of carbonyl (C=O) groups is 1. The zero-order valence-electron chi connectivity index (χ0n) is 16.3. The van der Waals surface area contributed by atoms with Crippen molar-refractivity contribution in [3.63, 3.8) is 0 Å². The van der Waals surface area contributed by atoms with Gasteiger partial charge in [-0.05, 0) is 36.2 Å². The third kappa shape index (κ3) is 3.82. The lowest BCUT2D eigenvalue weighted by Crippen LogP contribution is -2.30. The highest BCUT2D eigenvalue weighted by atomic mass is 32.2. The zero-order chi connectivity index (χ0) is 20.4. The normalized spacial score (nSPS) is 16.4. The van der Waals surface area contributed by atoms with Crippen LogP contribution in [0.5, 0.6) is 17.2 Å². The second kappa shape index (κ2) is 8.21. The number of benzene rings is 2. The molecule has 1 fully saturated rings. The number of rotatable bonds is 6. The van der Waals surface area contributed by atoms with Crippen molar-refractivity contribution in [3.05, 3.63) is 59.8 Å². The molecule has 1 aromatic heterocycles. The number of phenols is 1. The van der Waals surface area contributed by atoms with E-state index in [9.17, 15) is 9.90 Å². The summed E-state index contributed by atoms with van der Waals surface area (Å²) < 4.78 is 10.7. The first kappa shape index (κ1) is 19.4. The Labute approximate surface area is 173 Å². The second-order valence-electron chi connectivity index (χ2n) is 6.77. The smallest absolute Gasteiger partial charge is 0.233 e. The number of nitrogens with zero attached hydrogens (tertiary/aromatic N) is 2. The number of thioether (sulfide) groups is 1. The van der Waals surface area contributed by atoms with E-state index in [0.29, 0.717) is 35.7 Å². The van der Waals surface area contributed by atoms with Gasteiger partial charge in [-0.25, -0.2) is 4.98 Å². The largest absolute Gasteiger partial charge is 0.506 e. The maximum Gasteiger partial charge on any atom is 0.233 e. The number of aromatic nitrogens is 1. The van der Waals surface area contributed by atoms with Crippen molar-refractivity contribution in [2.24, 2.45) is 0 Å². The summed E-state index contributed by atoms with van der Waals surface area (Å²) in [6.45, 7) is 0.576. The summed E-state index contributed by atoms with van der Waals surface area (Å²) in [6.07, 6.45) is 0.696. The molecule has 0 spiro atoms. The number of aromatic hydroxyl groups is 1. The number of hydrogen-bond donors (Lipinski definition) is 1. The number of hydrogen-bond acceptors (Lipinski definition) is 6. The lowest BCUT2D eigenvalue weighted by atomic mass is 10.1. The Morgan fingerprint density at radius 2 is 1.97 bits per heavy atom. The maximum atomic E-state index is 12.5. The van der Waals surface area contributed by atoms with Crippen LogP contribution in [0.4, 0.5) is 0 Å². The van der Waals surface area contributed by atoms with E-state index in [0.717, 1.165) is 16.6 Å². The van der Waals surface area contributed by atoms with Crippen molar-refractivity contribution in [1.82, 2.24) is 9.88 Å². The fraction of sp³-hybridized carbons (Fsp3) is 0.273. The van der Waals surface area contributed by atoms with Gasteiger partial charge < -0.3 is 19.5 Å². The highest BCUT2D eigenvalue weighted by Crippen LogP contribution is 2.39. The minimum absolute atomic E-state index is 0.0969. The number of ether oxygens (including phenoxy) is 2. The first-order valence-electron chi connectivity index (χ1n) is 9.31. The first-order valence-corrected chi connectivity index (χ1v) is 10.4. The van der Waals surface area contributed by atoms with Crippen LogP contribution in [0.3, 0.4) is 0 Å². The Balaban J connectivity index is 1.55. The van der Waals surface area contributed by atoms with Gasteiger partial charge in [0.1, 0.15) is 16.6 Å². The molecular weight excluding hydrogens is 388 g/mol. The van der Waals surface area contributed by atoms with Gasteiger partial charge >= 0.3 is 0 Å². The topological polar surface area (TPSA) is 71.9 Å². The van der Waals surface area contributed by atoms with E-state index >= 15 is 0 Å². The molecule has 7 heteroatoms. The summed E-state index contributed by atoms with van der Waals surface area (Å²) in [4.78, 5) is 19.0. The van der Waals surface area contributed by atoms with Crippen molar-refractivity contribution >= 4 is 28.6 Å². The van der Waals surface area contributed by atoms with Crippen LogP contribution >= 0.6 is 11.8 Å². The SMILES string of the molecule is COc1ccc(CCN2C(=O)CSC2c2ccc3cccc(O)c3n2)cc1OC. The van der Waals surface area contributed by atoms with E-state index in [1.165, 1.54) is 0 Å². The summed E-state index contributed by atoms with van der Waals surface area (Å²) in [7, 11) is 3.22. The van der Waals surface area contributed by atoms with Gasteiger partial charge in [0.25, 0.3) is 0 Å². The summed E-state index contributed by atoms with van der Waals surface area (Å²) in [6, 6.07) is 15.0. The Kier molecular flexibility index (Phi) is 5.49. The van der Waals surface area contributed by atoms with Crippen molar-refractivity contribution in [3.8, 4) is 17.2 Å². The average molecular weight is 410 g/mol. The summed E-state index contributed by atoms with van der Waals surface area (Å²) in [5.74, 6) is 2.03. The van der Waals surface area contributed by atoms with Gasteiger partial charge in [0.05, 0.1) is 25.7 Å². The van der Waals surface area contributed by atoms with Crippen LogP contribution in [0.2, 0.25) is 0 Å². The van der Waals surface area contributed by atoms with E-state index in [2.05, 4.69) is 4.98 Å². The lowest BCUT2D eigenvalue weighted by Gasteiger charge is -2.24. The van der Waals surface area contributed by atoms with Crippen LogP contribution in [0.1, 0.15) is 16.6 Å². The summed E-state index contributed by atoms with van der Waals surface area (Å²) >= 11 is 1.56. The van der Waals surface area contributed by atoms with Gasteiger partial charge in [0, 0.05) is 11.9 Å². The second-order valence-corrected chi connectivity index (χ2v) is 7.84. The van der Waals surface area contributed by atoms with Gasteiger partial charge in [-0.1, -0.05) is 24.3 Å². The number of methoxy groups -OCH3 is 2. The molecule has 0 aliphatic carbocycles. The number of amides is 1. The molecule has 1 aliphatic rings. The summed E-state index contributed by atoms with van der Waals surface area (Å²) in [5.41, 5.74) is 2.40. The van der Waals surface area contributed by atoms with Crippen LogP contribution in [-0.4, -0.2) is 47.4 Å². The number of pyridine rings is 1. The molecule has 0 radical (unpaired) electrons. The predicted octanol–water partition coefficient (Wildman–Crippen LogP) is 3.77. The minimum atomic E-state index is -0.161. The molecule has 3 aromatic rings. The van der Waals surface area contributed by atoms with Crippen LogP contribution in [0.15, 0.2) is 48.5 Å². The van der Waals surface area contributed by atoms with Crippen molar-refractivity contribution < 1.29 is 19.4 Å². The zero-order valence-corrected chi connectivity index (χ0v) is 17.1. The van der Waals surface area contributed by atoms with Gasteiger partial charge in [-0.15, -0.1) is 11.8 Å². The number of phenolic OH excluding ortho intramolecular Hbond substituents is 1. The monoisotopic (exact) mass is 410 g/mol. The Hall–Kier alpha value is -2.93. The Bertz CT molecular complexity index is 1060. The molecule has 1 N–H and O–H groups in total. The van der Waals surface area contributed by atoms with Crippen molar-refractivity contribution in [1.29, 1.82) is 0 Å². The fourth-order valence-electron chi connectivity index (χ4n) is 3.51.